The van der Waals surface area contributed by atoms with Crippen molar-refractivity contribution >= 4 is 5.91 Å². The molecule has 0 aliphatic rings. The van der Waals surface area contributed by atoms with Crippen molar-refractivity contribution in [1.29, 1.82) is 0 Å². The first-order valence-corrected chi connectivity index (χ1v) is 5.50. The molecular formula is C14H14N2O. The monoisotopic (exact) mass is 226 g/mol. The zero-order valence-electron chi connectivity index (χ0n) is 9.47. The van der Waals surface area contributed by atoms with Crippen LogP contribution < -0.4 is 5.73 Å². The Bertz CT molecular complexity index is 491. The smallest absolute Gasteiger partial charge is 0.221 e. The number of nitrogens with two attached hydrogens (primary N) is 1. The third-order valence-electron chi connectivity index (χ3n) is 2.49. The van der Waals surface area contributed by atoms with E-state index in [-0.39, 0.29) is 12.3 Å². The molecule has 0 radical (unpaired) electrons. The van der Waals surface area contributed by atoms with Gasteiger partial charge in [-0.1, -0.05) is 36.4 Å². The lowest BCUT2D eigenvalue weighted by molar-refractivity contribution is -0.117. The summed E-state index contributed by atoms with van der Waals surface area (Å²) >= 11 is 0. The van der Waals surface area contributed by atoms with Gasteiger partial charge in [-0.05, 0) is 17.2 Å². The van der Waals surface area contributed by atoms with Crippen LogP contribution >= 0.6 is 0 Å². The largest absolute Gasteiger partial charge is 0.369 e. The summed E-state index contributed by atoms with van der Waals surface area (Å²) in [6, 6.07) is 14.0. The molecule has 3 heteroatoms. The van der Waals surface area contributed by atoms with Crippen LogP contribution in [0.4, 0.5) is 0 Å². The van der Waals surface area contributed by atoms with Gasteiger partial charge in [0.2, 0.25) is 5.91 Å². The van der Waals surface area contributed by atoms with Gasteiger partial charge in [0, 0.05) is 18.3 Å². The number of aromatic nitrogens is 1. The van der Waals surface area contributed by atoms with E-state index in [0.29, 0.717) is 0 Å². The van der Waals surface area contributed by atoms with Gasteiger partial charge < -0.3 is 5.73 Å². The maximum atomic E-state index is 10.7. The van der Waals surface area contributed by atoms with Gasteiger partial charge in [-0.15, -0.1) is 0 Å². The molecule has 0 bridgehead atoms. The third kappa shape index (κ3) is 3.41. The lowest BCUT2D eigenvalue weighted by atomic mass is 10.1. The predicted octanol–water partition coefficient (Wildman–Crippen LogP) is 1.70. The fourth-order valence-electron chi connectivity index (χ4n) is 1.67. The molecule has 1 heterocycles. The van der Waals surface area contributed by atoms with Crippen LogP contribution in [0.5, 0.6) is 0 Å². The van der Waals surface area contributed by atoms with Crippen LogP contribution in [0.2, 0.25) is 0 Å². The highest BCUT2D eigenvalue weighted by atomic mass is 16.1. The lowest BCUT2D eigenvalue weighted by Crippen LogP contribution is -2.13. The average molecular weight is 226 g/mol. The van der Waals surface area contributed by atoms with Crippen molar-refractivity contribution in [2.45, 2.75) is 12.8 Å². The molecule has 0 fully saturated rings. The molecular weight excluding hydrogens is 212 g/mol. The van der Waals surface area contributed by atoms with Crippen molar-refractivity contribution < 1.29 is 4.79 Å². The molecule has 2 aromatic rings. The Labute approximate surface area is 100 Å². The maximum Gasteiger partial charge on any atom is 0.221 e. The van der Waals surface area contributed by atoms with Gasteiger partial charge >= 0.3 is 0 Å². The molecule has 17 heavy (non-hydrogen) atoms. The molecule has 2 N–H and O–H groups in total. The number of hydrogen-bond donors (Lipinski definition) is 1. The van der Waals surface area contributed by atoms with Crippen molar-refractivity contribution in [1.82, 2.24) is 4.98 Å². The fraction of sp³-hybridized carbons (Fsp3) is 0.143. The first kappa shape index (κ1) is 11.3. The van der Waals surface area contributed by atoms with E-state index in [4.69, 9.17) is 5.73 Å². The predicted molar refractivity (Wildman–Crippen MR) is 66.4 cm³/mol. The van der Waals surface area contributed by atoms with Crippen LogP contribution in [0.3, 0.4) is 0 Å². The number of carbonyl (C=O) groups is 1. The van der Waals surface area contributed by atoms with Gasteiger partial charge in [-0.3, -0.25) is 9.78 Å². The summed E-state index contributed by atoms with van der Waals surface area (Å²) in [4.78, 5) is 15.1. The molecule has 86 valence electrons. The molecule has 1 aromatic heterocycles. The van der Waals surface area contributed by atoms with E-state index in [1.165, 1.54) is 5.56 Å². The Morgan fingerprint density at radius 3 is 2.41 bits per heavy atom. The van der Waals surface area contributed by atoms with Gasteiger partial charge in [-0.2, -0.15) is 0 Å². The summed E-state index contributed by atoms with van der Waals surface area (Å²) in [5, 5.41) is 0. The maximum absolute atomic E-state index is 10.7. The van der Waals surface area contributed by atoms with E-state index in [9.17, 15) is 4.79 Å². The number of hydrogen-bond acceptors (Lipinski definition) is 2. The summed E-state index contributed by atoms with van der Waals surface area (Å²) in [7, 11) is 0. The molecule has 1 aromatic carbocycles. The van der Waals surface area contributed by atoms with Crippen LogP contribution in [0.15, 0.2) is 48.7 Å². The molecule has 3 nitrogen and oxygen atoms in total. The Hall–Kier alpha value is -2.16. The van der Waals surface area contributed by atoms with Crippen LogP contribution in [0.1, 0.15) is 16.8 Å². The van der Waals surface area contributed by atoms with E-state index < -0.39 is 0 Å². The van der Waals surface area contributed by atoms with E-state index in [0.717, 1.165) is 17.7 Å². The first-order chi connectivity index (χ1) is 8.24. The van der Waals surface area contributed by atoms with E-state index in [1.807, 2.05) is 30.3 Å². The van der Waals surface area contributed by atoms with Gasteiger partial charge in [0.15, 0.2) is 0 Å². The summed E-state index contributed by atoms with van der Waals surface area (Å²) in [5.74, 6) is -0.331. The quantitative estimate of drug-likeness (QED) is 0.862. The molecule has 0 spiro atoms. The van der Waals surface area contributed by atoms with Gasteiger partial charge in [0.05, 0.1) is 6.42 Å². The highest BCUT2D eigenvalue weighted by Crippen LogP contribution is 2.08. The van der Waals surface area contributed by atoms with Crippen LogP contribution in [0, 0.1) is 0 Å². The number of primary amides is 1. The van der Waals surface area contributed by atoms with Gasteiger partial charge in [-0.25, -0.2) is 0 Å². The highest BCUT2D eigenvalue weighted by molar-refractivity contribution is 5.76. The summed E-state index contributed by atoms with van der Waals surface area (Å²) in [5.41, 5.74) is 8.19. The SMILES string of the molecule is NC(=O)Cc1ccc(Cc2ccccc2)nc1. The Morgan fingerprint density at radius 1 is 1.06 bits per heavy atom. The number of nitrogens with zero attached hydrogens (tertiary/aromatic N) is 1. The number of pyridine rings is 1. The number of rotatable bonds is 4. The van der Waals surface area contributed by atoms with E-state index in [1.54, 1.807) is 6.20 Å². The molecule has 0 atom stereocenters. The number of amides is 1. The first-order valence-electron chi connectivity index (χ1n) is 5.50. The number of benzene rings is 1. The average Bonchev–Trinajstić information content (AvgIpc) is 2.32. The van der Waals surface area contributed by atoms with Gasteiger partial charge in [0.1, 0.15) is 0 Å². The Morgan fingerprint density at radius 2 is 1.82 bits per heavy atom. The topological polar surface area (TPSA) is 56.0 Å². The standard InChI is InChI=1S/C14H14N2O/c15-14(17)9-12-6-7-13(16-10-12)8-11-4-2-1-3-5-11/h1-7,10H,8-9H2,(H2,15,17). The summed E-state index contributed by atoms with van der Waals surface area (Å²) < 4.78 is 0. The molecule has 0 saturated carbocycles. The Kier molecular flexibility index (Phi) is 3.50. The molecule has 0 unspecified atom stereocenters. The fourth-order valence-corrected chi connectivity index (χ4v) is 1.67. The zero-order chi connectivity index (χ0) is 12.1. The molecule has 2 rings (SSSR count). The lowest BCUT2D eigenvalue weighted by Gasteiger charge is -2.02. The normalized spacial score (nSPS) is 10.1. The van der Waals surface area contributed by atoms with Crippen molar-refractivity contribution in [3.8, 4) is 0 Å². The highest BCUT2D eigenvalue weighted by Gasteiger charge is 2.00. The molecule has 0 saturated heterocycles. The van der Waals surface area contributed by atoms with Crippen molar-refractivity contribution in [3.63, 3.8) is 0 Å². The minimum absolute atomic E-state index is 0.249. The Balaban J connectivity index is 2.06. The zero-order valence-corrected chi connectivity index (χ0v) is 9.47. The second kappa shape index (κ2) is 5.25. The minimum Gasteiger partial charge on any atom is -0.369 e. The van der Waals surface area contributed by atoms with Crippen LogP contribution in [-0.2, 0) is 17.6 Å². The van der Waals surface area contributed by atoms with Crippen LogP contribution in [0.25, 0.3) is 0 Å². The van der Waals surface area contributed by atoms with Crippen LogP contribution in [-0.4, -0.2) is 10.9 Å². The second-order valence-corrected chi connectivity index (χ2v) is 3.96. The van der Waals surface area contributed by atoms with Crippen molar-refractivity contribution in [2.24, 2.45) is 5.73 Å². The molecule has 0 aliphatic heterocycles. The summed E-state index contributed by atoms with van der Waals surface area (Å²) in [6.07, 6.45) is 2.76. The van der Waals surface area contributed by atoms with Crippen molar-refractivity contribution in [2.75, 3.05) is 0 Å². The van der Waals surface area contributed by atoms with E-state index >= 15 is 0 Å². The molecule has 0 aliphatic carbocycles. The van der Waals surface area contributed by atoms with Crippen molar-refractivity contribution in [3.05, 3.63) is 65.5 Å². The minimum atomic E-state index is -0.331. The number of carbonyl (C=O) groups excluding carboxylic acids is 1. The molecule has 1 amide bonds. The van der Waals surface area contributed by atoms with Gasteiger partial charge in [0.25, 0.3) is 0 Å². The third-order valence-corrected chi connectivity index (χ3v) is 2.49. The second-order valence-electron chi connectivity index (χ2n) is 3.96. The summed E-state index contributed by atoms with van der Waals surface area (Å²) in [6.45, 7) is 0. The van der Waals surface area contributed by atoms with E-state index in [2.05, 4.69) is 17.1 Å².